The largest absolute Gasteiger partial charge is 0.358 e. The molecule has 2 aromatic heterocycles. The molecule has 4 rings (SSSR count). The molecule has 0 aliphatic rings. The molecule has 6 heteroatoms. The molecular weight excluding hydrogens is 340 g/mol. The van der Waals surface area contributed by atoms with Gasteiger partial charge in [-0.05, 0) is 32.0 Å². The Labute approximate surface area is 156 Å². The molecular formula is C21H20N4O2. The highest BCUT2D eigenvalue weighted by Gasteiger charge is 2.21. The van der Waals surface area contributed by atoms with Crippen molar-refractivity contribution in [3.63, 3.8) is 0 Å². The summed E-state index contributed by atoms with van der Waals surface area (Å²) in [5, 5.41) is 3.67. The van der Waals surface area contributed by atoms with Crippen LogP contribution in [-0.4, -0.2) is 20.3 Å². The second kappa shape index (κ2) is 6.32. The molecule has 0 spiro atoms. The van der Waals surface area contributed by atoms with E-state index in [1.165, 1.54) is 0 Å². The molecule has 0 saturated heterocycles. The lowest BCUT2D eigenvalue weighted by Crippen LogP contribution is -2.23. The molecule has 4 aromatic rings. The van der Waals surface area contributed by atoms with Gasteiger partial charge in [-0.25, -0.2) is 4.68 Å². The molecule has 0 unspecified atom stereocenters. The van der Waals surface area contributed by atoms with E-state index in [4.69, 9.17) is 0 Å². The van der Waals surface area contributed by atoms with Crippen molar-refractivity contribution >= 4 is 22.5 Å². The van der Waals surface area contributed by atoms with Crippen molar-refractivity contribution in [2.45, 2.75) is 13.8 Å². The second-order valence-electron chi connectivity index (χ2n) is 6.56. The van der Waals surface area contributed by atoms with Crippen molar-refractivity contribution in [2.24, 2.45) is 7.05 Å². The van der Waals surface area contributed by atoms with Gasteiger partial charge in [-0.15, -0.1) is 0 Å². The molecule has 0 saturated carbocycles. The molecule has 2 aromatic carbocycles. The first-order valence-electron chi connectivity index (χ1n) is 8.71. The molecule has 0 atom stereocenters. The van der Waals surface area contributed by atoms with E-state index in [2.05, 4.69) is 10.3 Å². The van der Waals surface area contributed by atoms with Gasteiger partial charge in [0, 0.05) is 23.6 Å². The summed E-state index contributed by atoms with van der Waals surface area (Å²) in [6.07, 6.45) is 0. The van der Waals surface area contributed by atoms with E-state index in [0.29, 0.717) is 11.3 Å². The maximum Gasteiger partial charge on any atom is 0.295 e. The summed E-state index contributed by atoms with van der Waals surface area (Å²) in [6.45, 7) is 3.67. The minimum atomic E-state index is -0.295. The summed E-state index contributed by atoms with van der Waals surface area (Å²) in [6, 6.07) is 17.0. The number of aromatic nitrogens is 3. The maximum absolute atomic E-state index is 13.0. The molecule has 1 amide bonds. The molecule has 0 fully saturated rings. The summed E-state index contributed by atoms with van der Waals surface area (Å²) < 4.78 is 3.29. The number of nitrogens with zero attached hydrogens (tertiary/aromatic N) is 2. The van der Waals surface area contributed by atoms with Gasteiger partial charge in [0.15, 0.2) is 0 Å². The van der Waals surface area contributed by atoms with Gasteiger partial charge in [0.2, 0.25) is 0 Å². The van der Waals surface area contributed by atoms with E-state index in [1.54, 1.807) is 16.4 Å². The molecule has 136 valence electrons. The lowest BCUT2D eigenvalue weighted by molar-refractivity contribution is 0.102. The van der Waals surface area contributed by atoms with Crippen LogP contribution in [0.25, 0.3) is 16.6 Å². The molecule has 0 aliphatic heterocycles. The molecule has 2 heterocycles. The van der Waals surface area contributed by atoms with Crippen molar-refractivity contribution in [1.82, 2.24) is 14.3 Å². The van der Waals surface area contributed by atoms with Gasteiger partial charge >= 0.3 is 0 Å². The first kappa shape index (κ1) is 16.9. The van der Waals surface area contributed by atoms with Crippen LogP contribution >= 0.6 is 0 Å². The molecule has 0 bridgehead atoms. The van der Waals surface area contributed by atoms with Gasteiger partial charge in [-0.1, -0.05) is 36.4 Å². The average molecular weight is 360 g/mol. The van der Waals surface area contributed by atoms with Crippen LogP contribution in [0.5, 0.6) is 0 Å². The monoisotopic (exact) mass is 360 g/mol. The number of carbonyl (C=O) groups excluding carboxylic acids is 1. The van der Waals surface area contributed by atoms with Crippen LogP contribution in [0.4, 0.5) is 5.69 Å². The Hall–Kier alpha value is -3.54. The first-order valence-corrected chi connectivity index (χ1v) is 8.71. The number of carbonyl (C=O) groups is 1. The van der Waals surface area contributed by atoms with E-state index in [0.717, 1.165) is 22.3 Å². The predicted octanol–water partition coefficient (Wildman–Crippen LogP) is 3.53. The number of amides is 1. The van der Waals surface area contributed by atoms with E-state index >= 15 is 0 Å². The summed E-state index contributed by atoms with van der Waals surface area (Å²) >= 11 is 0. The number of para-hydroxylation sites is 2. The summed E-state index contributed by atoms with van der Waals surface area (Å²) in [5.41, 5.74) is 3.69. The molecule has 0 radical (unpaired) electrons. The van der Waals surface area contributed by atoms with Crippen LogP contribution in [-0.2, 0) is 7.05 Å². The number of aryl methyl sites for hydroxylation is 1. The topological polar surface area (TPSA) is 71.8 Å². The average Bonchev–Trinajstić information content (AvgIpc) is 3.11. The van der Waals surface area contributed by atoms with Crippen molar-refractivity contribution in [1.29, 1.82) is 0 Å². The van der Waals surface area contributed by atoms with Crippen molar-refractivity contribution in [2.75, 3.05) is 5.32 Å². The fourth-order valence-corrected chi connectivity index (χ4v) is 3.46. The first-order chi connectivity index (χ1) is 13.0. The number of fused-ring (bicyclic) bond motifs is 1. The summed E-state index contributed by atoms with van der Waals surface area (Å²) in [7, 11) is 1.80. The van der Waals surface area contributed by atoms with E-state index in [9.17, 15) is 9.59 Å². The third-order valence-corrected chi connectivity index (χ3v) is 4.91. The number of anilines is 1. The normalized spacial score (nSPS) is 11.1. The van der Waals surface area contributed by atoms with Crippen LogP contribution in [0.2, 0.25) is 0 Å². The van der Waals surface area contributed by atoms with E-state index < -0.39 is 0 Å². The van der Waals surface area contributed by atoms with Crippen molar-refractivity contribution in [3.8, 4) is 5.69 Å². The zero-order chi connectivity index (χ0) is 19.1. The van der Waals surface area contributed by atoms with Gasteiger partial charge in [-0.2, -0.15) is 0 Å². The SMILES string of the molecule is Cc1[nH]c2ccccc2c1C(=O)Nc1c(C)n(C)n(-c2ccccc2)c1=O. The number of aromatic amines is 1. The number of rotatable bonds is 3. The number of hydrogen-bond donors (Lipinski definition) is 2. The van der Waals surface area contributed by atoms with Gasteiger partial charge in [0.1, 0.15) is 5.69 Å². The van der Waals surface area contributed by atoms with Crippen molar-refractivity contribution in [3.05, 3.63) is 81.9 Å². The quantitative estimate of drug-likeness (QED) is 0.587. The third-order valence-electron chi connectivity index (χ3n) is 4.91. The van der Waals surface area contributed by atoms with Crippen LogP contribution in [0.15, 0.2) is 59.4 Å². The van der Waals surface area contributed by atoms with Crippen molar-refractivity contribution < 1.29 is 4.79 Å². The Morgan fingerprint density at radius 3 is 2.41 bits per heavy atom. The van der Waals surface area contributed by atoms with Crippen LogP contribution < -0.4 is 10.9 Å². The Kier molecular flexibility index (Phi) is 3.96. The van der Waals surface area contributed by atoms with Crippen LogP contribution in [0.3, 0.4) is 0 Å². The predicted molar refractivity (Wildman–Crippen MR) is 107 cm³/mol. The third kappa shape index (κ3) is 2.66. The highest BCUT2D eigenvalue weighted by atomic mass is 16.2. The summed E-state index contributed by atoms with van der Waals surface area (Å²) in [5.74, 6) is -0.295. The molecule has 0 aliphatic carbocycles. The number of H-pyrrole nitrogens is 1. The lowest BCUT2D eigenvalue weighted by atomic mass is 10.1. The standard InChI is InChI=1S/C21H20N4O2/c1-13-18(16-11-7-8-12-17(16)22-13)20(26)23-19-14(2)24(3)25(21(19)27)15-9-5-4-6-10-15/h4-12,22H,1-3H3,(H,23,26). The van der Waals surface area contributed by atoms with Crippen LogP contribution in [0, 0.1) is 13.8 Å². The zero-order valence-electron chi connectivity index (χ0n) is 15.4. The molecule has 6 nitrogen and oxygen atoms in total. The Morgan fingerprint density at radius 2 is 1.67 bits per heavy atom. The minimum Gasteiger partial charge on any atom is -0.358 e. The van der Waals surface area contributed by atoms with Gasteiger partial charge < -0.3 is 10.3 Å². The molecule has 2 N–H and O–H groups in total. The maximum atomic E-state index is 13.0. The second-order valence-corrected chi connectivity index (χ2v) is 6.56. The Bertz CT molecular complexity index is 1210. The lowest BCUT2D eigenvalue weighted by Gasteiger charge is -2.07. The highest BCUT2D eigenvalue weighted by Crippen LogP contribution is 2.23. The number of benzene rings is 2. The van der Waals surface area contributed by atoms with E-state index in [-0.39, 0.29) is 17.2 Å². The van der Waals surface area contributed by atoms with Gasteiger partial charge in [0.25, 0.3) is 11.5 Å². The fourth-order valence-electron chi connectivity index (χ4n) is 3.46. The summed E-state index contributed by atoms with van der Waals surface area (Å²) in [4.78, 5) is 29.2. The number of hydrogen-bond acceptors (Lipinski definition) is 2. The Morgan fingerprint density at radius 1 is 1.00 bits per heavy atom. The van der Waals surface area contributed by atoms with Crippen LogP contribution in [0.1, 0.15) is 21.7 Å². The van der Waals surface area contributed by atoms with Gasteiger partial charge in [-0.3, -0.25) is 14.3 Å². The fraction of sp³-hybridized carbons (Fsp3) is 0.143. The zero-order valence-corrected chi connectivity index (χ0v) is 15.4. The van der Waals surface area contributed by atoms with Gasteiger partial charge in [0.05, 0.1) is 16.9 Å². The molecule has 27 heavy (non-hydrogen) atoms. The van der Waals surface area contributed by atoms with E-state index in [1.807, 2.05) is 68.4 Å². The highest BCUT2D eigenvalue weighted by molar-refractivity contribution is 6.14. The minimum absolute atomic E-state index is 0.257. The Balaban J connectivity index is 1.78. The smallest absolute Gasteiger partial charge is 0.295 e. The number of nitrogens with one attached hydrogen (secondary N) is 2.